The van der Waals surface area contributed by atoms with Crippen molar-refractivity contribution in [3.8, 4) is 0 Å². The molecule has 2 N–H and O–H groups in total. The average molecular weight is 337 g/mol. The summed E-state index contributed by atoms with van der Waals surface area (Å²) in [6.45, 7) is 5.32. The Morgan fingerprint density at radius 2 is 2.04 bits per heavy atom. The minimum absolute atomic E-state index is 0.0189. The van der Waals surface area contributed by atoms with Gasteiger partial charge in [-0.15, -0.1) is 11.3 Å². The Bertz CT molecular complexity index is 736. The maximum atomic E-state index is 12.3. The predicted octanol–water partition coefficient (Wildman–Crippen LogP) is 2.49. The number of thiophene rings is 1. The standard InChI is InChI=1S/C14H15N3O5S/c1-4-21-14(20)17-12(19)10-7(2)8(3)23-13(10)16-11(18)9-5-6-15-22-9/h5-6H,4H2,1-3H3,(H,16,18)(H,17,19,20). The molecule has 2 heterocycles. The van der Waals surface area contributed by atoms with Crippen molar-refractivity contribution in [1.82, 2.24) is 10.5 Å². The van der Waals surface area contributed by atoms with Crippen molar-refractivity contribution in [3.05, 3.63) is 34.0 Å². The zero-order valence-electron chi connectivity index (χ0n) is 12.8. The Morgan fingerprint density at radius 1 is 1.30 bits per heavy atom. The second-order valence-electron chi connectivity index (χ2n) is 4.49. The summed E-state index contributed by atoms with van der Waals surface area (Å²) in [6, 6.07) is 1.40. The molecule has 0 aliphatic carbocycles. The number of carbonyl (C=O) groups excluding carboxylic acids is 3. The predicted molar refractivity (Wildman–Crippen MR) is 82.7 cm³/mol. The summed E-state index contributed by atoms with van der Waals surface area (Å²) in [5.74, 6) is -1.16. The van der Waals surface area contributed by atoms with Crippen LogP contribution in [0, 0.1) is 13.8 Å². The molecule has 0 bridgehead atoms. The summed E-state index contributed by atoms with van der Waals surface area (Å²) < 4.78 is 9.45. The van der Waals surface area contributed by atoms with E-state index in [2.05, 4.69) is 20.5 Å². The molecule has 0 saturated carbocycles. The fourth-order valence-corrected chi connectivity index (χ4v) is 2.86. The molecule has 2 rings (SSSR count). The quantitative estimate of drug-likeness (QED) is 0.887. The maximum absolute atomic E-state index is 12.3. The van der Waals surface area contributed by atoms with Gasteiger partial charge in [-0.1, -0.05) is 5.16 Å². The van der Waals surface area contributed by atoms with Crippen LogP contribution < -0.4 is 10.6 Å². The number of imide groups is 1. The Labute approximate surface area is 135 Å². The summed E-state index contributed by atoms with van der Waals surface area (Å²) in [5.41, 5.74) is 0.887. The van der Waals surface area contributed by atoms with E-state index in [4.69, 9.17) is 4.52 Å². The molecule has 0 radical (unpaired) electrons. The smallest absolute Gasteiger partial charge is 0.414 e. The molecule has 0 aromatic carbocycles. The van der Waals surface area contributed by atoms with Crippen LogP contribution >= 0.6 is 11.3 Å². The van der Waals surface area contributed by atoms with E-state index >= 15 is 0 Å². The van der Waals surface area contributed by atoms with Gasteiger partial charge in [-0.2, -0.15) is 0 Å². The topological polar surface area (TPSA) is 111 Å². The number of hydrogen-bond acceptors (Lipinski definition) is 7. The maximum Gasteiger partial charge on any atom is 0.414 e. The van der Waals surface area contributed by atoms with Crippen LogP contribution in [0.2, 0.25) is 0 Å². The van der Waals surface area contributed by atoms with Crippen LogP contribution in [0.25, 0.3) is 0 Å². The zero-order valence-corrected chi connectivity index (χ0v) is 13.6. The number of hydrogen-bond donors (Lipinski definition) is 2. The molecular formula is C14H15N3O5S. The highest BCUT2D eigenvalue weighted by molar-refractivity contribution is 7.16. The Balaban J connectivity index is 2.24. The molecular weight excluding hydrogens is 322 g/mol. The number of amides is 3. The number of ether oxygens (including phenoxy) is 1. The molecule has 8 nitrogen and oxygen atoms in total. The lowest BCUT2D eigenvalue weighted by molar-refractivity contribution is 0.0925. The molecule has 23 heavy (non-hydrogen) atoms. The Morgan fingerprint density at radius 3 is 2.65 bits per heavy atom. The third-order valence-corrected chi connectivity index (χ3v) is 4.11. The second kappa shape index (κ2) is 7.05. The third-order valence-electron chi connectivity index (χ3n) is 2.99. The summed E-state index contributed by atoms with van der Waals surface area (Å²) in [6.07, 6.45) is 0.502. The van der Waals surface area contributed by atoms with Gasteiger partial charge >= 0.3 is 6.09 Å². The van der Waals surface area contributed by atoms with Crippen LogP contribution in [0.4, 0.5) is 9.80 Å². The fraction of sp³-hybridized carbons (Fsp3) is 0.286. The lowest BCUT2D eigenvalue weighted by Gasteiger charge is -2.07. The van der Waals surface area contributed by atoms with Crippen LogP contribution in [0.1, 0.15) is 38.3 Å². The van der Waals surface area contributed by atoms with Crippen LogP contribution in [-0.2, 0) is 4.74 Å². The number of nitrogens with zero attached hydrogens (tertiary/aromatic N) is 1. The molecule has 0 spiro atoms. The van der Waals surface area contributed by atoms with Gasteiger partial charge in [0.25, 0.3) is 11.8 Å². The molecule has 9 heteroatoms. The van der Waals surface area contributed by atoms with Crippen molar-refractivity contribution in [2.75, 3.05) is 11.9 Å². The molecule has 2 aromatic rings. The van der Waals surface area contributed by atoms with Crippen molar-refractivity contribution < 1.29 is 23.6 Å². The lowest BCUT2D eigenvalue weighted by Crippen LogP contribution is -2.31. The van der Waals surface area contributed by atoms with E-state index in [-0.39, 0.29) is 17.9 Å². The first kappa shape index (κ1) is 16.7. The summed E-state index contributed by atoms with van der Waals surface area (Å²) in [7, 11) is 0. The number of rotatable bonds is 4. The lowest BCUT2D eigenvalue weighted by atomic mass is 10.1. The van der Waals surface area contributed by atoms with Crippen LogP contribution in [0.3, 0.4) is 0 Å². The fourth-order valence-electron chi connectivity index (χ4n) is 1.81. The van der Waals surface area contributed by atoms with Gasteiger partial charge in [-0.3, -0.25) is 14.9 Å². The molecule has 0 fully saturated rings. The normalized spacial score (nSPS) is 10.2. The molecule has 3 amide bonds. The zero-order chi connectivity index (χ0) is 17.0. The molecule has 0 aliphatic heterocycles. The molecule has 122 valence electrons. The van der Waals surface area contributed by atoms with E-state index in [1.54, 1.807) is 13.8 Å². The van der Waals surface area contributed by atoms with E-state index < -0.39 is 17.9 Å². The minimum Gasteiger partial charge on any atom is -0.450 e. The van der Waals surface area contributed by atoms with E-state index in [1.165, 1.54) is 23.6 Å². The van der Waals surface area contributed by atoms with E-state index in [1.807, 2.05) is 6.92 Å². The number of aryl methyl sites for hydroxylation is 1. The number of nitrogens with one attached hydrogen (secondary N) is 2. The average Bonchev–Trinajstić information content (AvgIpc) is 3.09. The van der Waals surface area contributed by atoms with Crippen molar-refractivity contribution in [2.24, 2.45) is 0 Å². The van der Waals surface area contributed by atoms with Crippen molar-refractivity contribution in [3.63, 3.8) is 0 Å². The highest BCUT2D eigenvalue weighted by atomic mass is 32.1. The SMILES string of the molecule is CCOC(=O)NC(=O)c1c(NC(=O)c2ccno2)sc(C)c1C. The van der Waals surface area contributed by atoms with Gasteiger partial charge in [0.15, 0.2) is 0 Å². The summed E-state index contributed by atoms with van der Waals surface area (Å²) in [4.78, 5) is 36.5. The van der Waals surface area contributed by atoms with Gasteiger partial charge in [-0.25, -0.2) is 4.79 Å². The molecule has 2 aromatic heterocycles. The third kappa shape index (κ3) is 3.75. The number of alkyl carbamates (subject to hydrolysis) is 1. The van der Waals surface area contributed by atoms with Crippen LogP contribution in [0.5, 0.6) is 0 Å². The highest BCUT2D eigenvalue weighted by Crippen LogP contribution is 2.32. The van der Waals surface area contributed by atoms with E-state index in [0.717, 1.165) is 4.88 Å². The van der Waals surface area contributed by atoms with Crippen molar-refractivity contribution >= 4 is 34.2 Å². The van der Waals surface area contributed by atoms with Gasteiger partial charge in [0.1, 0.15) is 5.00 Å². The van der Waals surface area contributed by atoms with Crippen LogP contribution in [0.15, 0.2) is 16.8 Å². The number of carbonyl (C=O) groups is 3. The van der Waals surface area contributed by atoms with Gasteiger partial charge in [0, 0.05) is 10.9 Å². The first-order chi connectivity index (χ1) is 10.9. The van der Waals surface area contributed by atoms with Crippen molar-refractivity contribution in [1.29, 1.82) is 0 Å². The van der Waals surface area contributed by atoms with Crippen molar-refractivity contribution in [2.45, 2.75) is 20.8 Å². The first-order valence-corrected chi connectivity index (χ1v) is 7.55. The number of anilines is 1. The van der Waals surface area contributed by atoms with Gasteiger partial charge in [0.05, 0.1) is 18.4 Å². The molecule has 0 atom stereocenters. The van der Waals surface area contributed by atoms with E-state index in [0.29, 0.717) is 10.6 Å². The van der Waals surface area contributed by atoms with Crippen LogP contribution in [-0.4, -0.2) is 29.7 Å². The minimum atomic E-state index is -0.840. The number of aromatic nitrogens is 1. The molecule has 0 aliphatic rings. The summed E-state index contributed by atoms with van der Waals surface area (Å²) >= 11 is 1.23. The Hall–Kier alpha value is -2.68. The highest BCUT2D eigenvalue weighted by Gasteiger charge is 2.23. The summed E-state index contributed by atoms with van der Waals surface area (Å²) in [5, 5.41) is 8.49. The van der Waals surface area contributed by atoms with E-state index in [9.17, 15) is 14.4 Å². The first-order valence-electron chi connectivity index (χ1n) is 6.74. The van der Waals surface area contributed by atoms with Gasteiger partial charge < -0.3 is 14.6 Å². The van der Waals surface area contributed by atoms with Gasteiger partial charge in [0.2, 0.25) is 5.76 Å². The monoisotopic (exact) mass is 337 g/mol. The molecule has 0 unspecified atom stereocenters. The van der Waals surface area contributed by atoms with Gasteiger partial charge in [-0.05, 0) is 26.3 Å². The Kier molecular flexibility index (Phi) is 5.12. The molecule has 0 saturated heterocycles. The second-order valence-corrected chi connectivity index (χ2v) is 5.72. The largest absolute Gasteiger partial charge is 0.450 e.